The largest absolute Gasteiger partial charge is 0.493 e. The maximum Gasteiger partial charge on any atom is 0.225 e. The molecule has 2 aromatic rings. The zero-order chi connectivity index (χ0) is 15.7. The van der Waals surface area contributed by atoms with Gasteiger partial charge in [-0.1, -0.05) is 12.1 Å². The monoisotopic (exact) mass is 301 g/mol. The van der Waals surface area contributed by atoms with Gasteiger partial charge in [-0.2, -0.15) is 0 Å². The van der Waals surface area contributed by atoms with Gasteiger partial charge in [0.15, 0.2) is 11.5 Å². The number of nitrogens with one attached hydrogen (secondary N) is 1. The van der Waals surface area contributed by atoms with Crippen molar-refractivity contribution in [2.24, 2.45) is 0 Å². The summed E-state index contributed by atoms with van der Waals surface area (Å²) in [7, 11) is 3.13. The van der Waals surface area contributed by atoms with Crippen LogP contribution in [0.5, 0.6) is 11.5 Å². The van der Waals surface area contributed by atoms with E-state index in [2.05, 4.69) is 5.32 Å². The second-order valence-electron chi connectivity index (χ2n) is 5.13. The molecule has 3 rings (SSSR count). The number of carbonyl (C=O) groups is 1. The maximum atomic E-state index is 13.1. The van der Waals surface area contributed by atoms with Gasteiger partial charge in [-0.15, -0.1) is 0 Å². The Morgan fingerprint density at radius 1 is 1.09 bits per heavy atom. The van der Waals surface area contributed by atoms with Gasteiger partial charge < -0.3 is 14.8 Å². The Hall–Kier alpha value is -2.56. The lowest BCUT2D eigenvalue weighted by atomic mass is 9.89. The highest BCUT2D eigenvalue weighted by atomic mass is 19.1. The quantitative estimate of drug-likeness (QED) is 0.948. The smallest absolute Gasteiger partial charge is 0.225 e. The number of fused-ring (bicyclic) bond motifs is 1. The van der Waals surface area contributed by atoms with E-state index in [1.165, 1.54) is 12.1 Å². The van der Waals surface area contributed by atoms with Gasteiger partial charge in [0.1, 0.15) is 5.82 Å². The van der Waals surface area contributed by atoms with Crippen molar-refractivity contribution >= 4 is 5.91 Å². The van der Waals surface area contributed by atoms with Crippen LogP contribution in [0.1, 0.15) is 22.7 Å². The van der Waals surface area contributed by atoms with Gasteiger partial charge in [-0.25, -0.2) is 4.39 Å². The molecule has 22 heavy (non-hydrogen) atoms. The van der Waals surface area contributed by atoms with Crippen LogP contribution in [0.4, 0.5) is 4.39 Å². The molecule has 1 heterocycles. The Morgan fingerprint density at radius 2 is 1.73 bits per heavy atom. The zero-order valence-electron chi connectivity index (χ0n) is 12.4. The summed E-state index contributed by atoms with van der Waals surface area (Å²) in [4.78, 5) is 12.0. The Balaban J connectivity index is 2.11. The molecule has 0 saturated heterocycles. The van der Waals surface area contributed by atoms with Crippen molar-refractivity contribution in [1.82, 2.24) is 5.32 Å². The van der Waals surface area contributed by atoms with Gasteiger partial charge in [-0.3, -0.25) is 4.79 Å². The molecule has 0 spiro atoms. The second kappa shape index (κ2) is 5.67. The van der Waals surface area contributed by atoms with E-state index >= 15 is 0 Å². The van der Waals surface area contributed by atoms with Crippen molar-refractivity contribution in [3.05, 3.63) is 58.9 Å². The maximum absolute atomic E-state index is 13.1. The van der Waals surface area contributed by atoms with E-state index in [0.29, 0.717) is 11.5 Å². The number of hydrogen-bond donors (Lipinski definition) is 1. The summed E-state index contributed by atoms with van der Waals surface area (Å²) in [6.07, 6.45) is 0.285. The number of amides is 1. The van der Waals surface area contributed by atoms with E-state index in [-0.39, 0.29) is 24.2 Å². The van der Waals surface area contributed by atoms with Crippen LogP contribution in [0.2, 0.25) is 0 Å². The molecule has 0 aromatic heterocycles. The van der Waals surface area contributed by atoms with Gasteiger partial charge in [0.05, 0.1) is 26.7 Å². The third kappa shape index (κ3) is 2.50. The SMILES string of the molecule is COc1cc2c(cc1OC)C(c1ccc(F)cc1)NC(=O)C2. The predicted molar refractivity (Wildman–Crippen MR) is 79.6 cm³/mol. The summed E-state index contributed by atoms with van der Waals surface area (Å²) in [5, 5.41) is 2.94. The van der Waals surface area contributed by atoms with Gasteiger partial charge in [0.2, 0.25) is 5.91 Å². The number of halogens is 1. The molecule has 1 N–H and O–H groups in total. The average Bonchev–Trinajstić information content (AvgIpc) is 2.53. The fourth-order valence-corrected chi connectivity index (χ4v) is 2.74. The highest BCUT2D eigenvalue weighted by Gasteiger charge is 2.27. The Bertz CT molecular complexity index is 713. The molecule has 5 heteroatoms. The van der Waals surface area contributed by atoms with E-state index in [1.807, 2.05) is 12.1 Å². The minimum absolute atomic E-state index is 0.0750. The van der Waals surface area contributed by atoms with Crippen LogP contribution in [-0.4, -0.2) is 20.1 Å². The van der Waals surface area contributed by atoms with Crippen molar-refractivity contribution in [2.45, 2.75) is 12.5 Å². The van der Waals surface area contributed by atoms with E-state index < -0.39 is 0 Å². The van der Waals surface area contributed by atoms with Gasteiger partial charge in [0, 0.05) is 0 Å². The minimum Gasteiger partial charge on any atom is -0.493 e. The molecule has 0 saturated carbocycles. The summed E-state index contributed by atoms with van der Waals surface area (Å²) < 4.78 is 23.7. The second-order valence-corrected chi connectivity index (χ2v) is 5.13. The standard InChI is InChI=1S/C17H16FNO3/c1-21-14-7-11-8-16(20)19-17(13(11)9-15(14)22-2)10-3-5-12(18)6-4-10/h3-7,9,17H,8H2,1-2H3,(H,19,20). The Kier molecular flexibility index (Phi) is 3.71. The van der Waals surface area contributed by atoms with Crippen LogP contribution in [0.15, 0.2) is 36.4 Å². The van der Waals surface area contributed by atoms with Crippen LogP contribution >= 0.6 is 0 Å². The lowest BCUT2D eigenvalue weighted by Gasteiger charge is -2.28. The highest BCUT2D eigenvalue weighted by Crippen LogP contribution is 2.37. The molecule has 0 radical (unpaired) electrons. The van der Waals surface area contributed by atoms with Crippen LogP contribution in [0.3, 0.4) is 0 Å². The van der Waals surface area contributed by atoms with E-state index in [1.54, 1.807) is 26.4 Å². The summed E-state index contributed by atoms with van der Waals surface area (Å²) in [5.41, 5.74) is 2.64. The molecule has 1 unspecified atom stereocenters. The van der Waals surface area contributed by atoms with Crippen LogP contribution < -0.4 is 14.8 Å². The first-order valence-electron chi connectivity index (χ1n) is 6.92. The zero-order valence-corrected chi connectivity index (χ0v) is 12.4. The molecule has 1 aliphatic heterocycles. The molecule has 1 aliphatic rings. The van der Waals surface area contributed by atoms with Crippen molar-refractivity contribution in [3.8, 4) is 11.5 Å². The van der Waals surface area contributed by atoms with Gasteiger partial charge >= 0.3 is 0 Å². The first kappa shape index (κ1) is 14.4. The molecule has 0 bridgehead atoms. The first-order chi connectivity index (χ1) is 10.6. The molecular formula is C17H16FNO3. The number of carbonyl (C=O) groups excluding carboxylic acids is 1. The number of benzene rings is 2. The van der Waals surface area contributed by atoms with Crippen molar-refractivity contribution in [1.29, 1.82) is 0 Å². The van der Waals surface area contributed by atoms with Crippen LogP contribution in [0, 0.1) is 5.82 Å². The van der Waals surface area contributed by atoms with Crippen LogP contribution in [-0.2, 0) is 11.2 Å². The topological polar surface area (TPSA) is 47.6 Å². The molecule has 0 aliphatic carbocycles. The Morgan fingerprint density at radius 3 is 2.36 bits per heavy atom. The number of hydrogen-bond acceptors (Lipinski definition) is 3. The summed E-state index contributed by atoms with van der Waals surface area (Å²) >= 11 is 0. The molecular weight excluding hydrogens is 285 g/mol. The highest BCUT2D eigenvalue weighted by molar-refractivity contribution is 5.82. The van der Waals surface area contributed by atoms with E-state index in [9.17, 15) is 9.18 Å². The predicted octanol–water partition coefficient (Wildman–Crippen LogP) is 2.60. The summed E-state index contributed by atoms with van der Waals surface area (Å²) in [6.45, 7) is 0. The van der Waals surface area contributed by atoms with Gasteiger partial charge in [0.25, 0.3) is 0 Å². The number of ether oxygens (including phenoxy) is 2. The van der Waals surface area contributed by atoms with Crippen molar-refractivity contribution in [2.75, 3.05) is 14.2 Å². The first-order valence-corrected chi connectivity index (χ1v) is 6.92. The molecule has 0 fully saturated rings. The van der Waals surface area contributed by atoms with Crippen LogP contribution in [0.25, 0.3) is 0 Å². The lowest BCUT2D eigenvalue weighted by Crippen LogP contribution is -2.35. The summed E-state index contributed by atoms with van der Waals surface area (Å²) in [6, 6.07) is 9.48. The molecule has 1 amide bonds. The molecule has 114 valence electrons. The van der Waals surface area contributed by atoms with Gasteiger partial charge in [-0.05, 0) is 41.0 Å². The minimum atomic E-state index is -0.323. The lowest BCUT2D eigenvalue weighted by molar-refractivity contribution is -0.121. The Labute approximate surface area is 127 Å². The molecule has 4 nitrogen and oxygen atoms in total. The van der Waals surface area contributed by atoms with Crippen molar-refractivity contribution in [3.63, 3.8) is 0 Å². The number of rotatable bonds is 3. The molecule has 2 aromatic carbocycles. The third-order valence-corrected chi connectivity index (χ3v) is 3.82. The summed E-state index contributed by atoms with van der Waals surface area (Å²) in [5.74, 6) is 0.811. The average molecular weight is 301 g/mol. The van der Waals surface area contributed by atoms with Crippen molar-refractivity contribution < 1.29 is 18.7 Å². The van der Waals surface area contributed by atoms with E-state index in [4.69, 9.17) is 9.47 Å². The molecule has 1 atom stereocenters. The third-order valence-electron chi connectivity index (χ3n) is 3.82. The van der Waals surface area contributed by atoms with E-state index in [0.717, 1.165) is 16.7 Å². The fourth-order valence-electron chi connectivity index (χ4n) is 2.74. The normalized spacial score (nSPS) is 16.7. The fraction of sp³-hybridized carbons (Fsp3) is 0.235. The number of methoxy groups -OCH3 is 2.